The van der Waals surface area contributed by atoms with Gasteiger partial charge in [0.15, 0.2) is 0 Å². The standard InChI is InChI=1S/C25H31N3O2.3C24H28ClN3O2.C23H33N3O2/c1-18(20-8-5-4-6-9-20)28-14-12-19(13-15-28)16-26(2)25(30)23-17-27(3)24(29)22-11-7-10-21(22)23;1-26(24(30)22-16-27(2)23(29)21-8-4-7-20(21)22)14-17-9-11-28(12-10-17)15-18-5-3-6-19(25)13-18;1-26(24(30)21-16-27(2)23(29)20-8-5-7-19(20)21)14-17-10-12-28(13-11-17)15-18-6-3-4-9-22(18)25;1-26(24(30)22-16-27(2)23(29)21-5-3-4-20(21)22)14-18-10-12-28(13-11-18)15-17-6-8-19(25)9-7-17;1-24(14-18-10-12-26(13-11-18)15-17-6-3-4-7-17)23(28)21-16-25(2)22(27)20-9-5-8-19(20)21/h4-10,17-19H,11-16H2,1-3H3;3-7,13,16-17H,8-12,14-15H2,1-2H3;3-7,9,16-17H,8,10-15H2,1-2H3;3-4,6-9,16,18H,5,10-15H2,1-2H3;5,8,16-18H,3-4,6-7,9-15H2,1-2H3. The number of aromatic nitrogens is 5. The summed E-state index contributed by atoms with van der Waals surface area (Å²) in [6.45, 7) is 20.7. The van der Waals surface area contributed by atoms with E-state index >= 15 is 0 Å². The minimum absolute atomic E-state index is 0.00278. The summed E-state index contributed by atoms with van der Waals surface area (Å²) in [6, 6.07) is 35.2. The molecule has 1 unspecified atom stereocenters. The van der Waals surface area contributed by atoms with Gasteiger partial charge in [-0.05, 0) is 297 Å². The van der Waals surface area contributed by atoms with Gasteiger partial charge in [0, 0.05) is 209 Å². The predicted octanol–water partition coefficient (Wildman–Crippen LogP) is 17.2. The zero-order valence-corrected chi connectivity index (χ0v) is 90.6. The third-order valence-electron chi connectivity index (χ3n) is 32.4. The van der Waals surface area contributed by atoms with Crippen molar-refractivity contribution >= 4 is 94.7 Å². The molecule has 0 N–H and O–H groups in total. The Bertz CT molecular complexity index is 6770. The normalized spacial score (nSPS) is 17.6. The second-order valence-electron chi connectivity index (χ2n) is 43.2. The molecule has 4 aromatic carbocycles. The summed E-state index contributed by atoms with van der Waals surface area (Å²) in [5.41, 5.74) is 15.9. The molecular formula is C120H148Cl3N15O10. The predicted molar refractivity (Wildman–Crippen MR) is 596 cm³/mol. The van der Waals surface area contributed by atoms with Crippen LogP contribution in [0.15, 0.2) is 188 Å². The van der Waals surface area contributed by atoms with Crippen LogP contribution >= 0.6 is 34.8 Å². The summed E-state index contributed by atoms with van der Waals surface area (Å²) in [4.78, 5) is 149. The van der Waals surface area contributed by atoms with Gasteiger partial charge in [0.2, 0.25) is 0 Å². The van der Waals surface area contributed by atoms with Crippen LogP contribution in [0.2, 0.25) is 15.1 Å². The fraction of sp³-hybridized carbons (Fsp3) is 0.467. The topological polar surface area (TPSA) is 228 Å². The lowest BCUT2D eigenvalue weighted by Crippen LogP contribution is -2.41. The Morgan fingerprint density at radius 2 is 0.615 bits per heavy atom. The average molecular weight is 2070 g/mol. The van der Waals surface area contributed by atoms with Gasteiger partial charge >= 0.3 is 0 Å². The van der Waals surface area contributed by atoms with E-state index in [0.717, 1.165) is 233 Å². The van der Waals surface area contributed by atoms with Gasteiger partial charge in [-0.2, -0.15) is 0 Å². The number of carbonyl (C=O) groups is 5. The molecule has 5 saturated heterocycles. The largest absolute Gasteiger partial charge is 0.341 e. The smallest absolute Gasteiger partial charge is 0.255 e. The molecule has 11 aliphatic rings. The van der Waals surface area contributed by atoms with Crippen molar-refractivity contribution in [2.24, 2.45) is 70.7 Å². The lowest BCUT2D eigenvalue weighted by atomic mass is 9.94. The SMILES string of the molecule is CC(c1ccccc1)N1CCC(CN(C)C(=O)c2cn(C)c(=O)c3c2C=CC3)CC1.CN(CC1CCN(CC2CCCC2)CC1)C(=O)c1cn(C)c(=O)c2c1C=CC2.CN(CC1CCN(Cc2ccc(Cl)cc2)CC1)C(=O)c1cn(C)c(=O)c2c1C=CC2.CN(CC1CCN(Cc2cccc(Cl)c2)CC1)C(=O)c1cn(C)c(=O)c2c1C=CC2.CN(CC1CCN(Cc2ccccc2Cl)CC1)C(=O)c1cn(C)c(=O)c2c1C=CC2. The van der Waals surface area contributed by atoms with Crippen LogP contribution < -0.4 is 27.8 Å². The number of nitrogens with zero attached hydrogens (tertiary/aromatic N) is 15. The molecule has 9 aromatic rings. The summed E-state index contributed by atoms with van der Waals surface area (Å²) < 4.78 is 7.67. The highest BCUT2D eigenvalue weighted by Crippen LogP contribution is 2.36. The first kappa shape index (κ1) is 109. The first-order valence-electron chi connectivity index (χ1n) is 53.4. The number of piperidine rings is 5. The summed E-state index contributed by atoms with van der Waals surface area (Å²) in [5.74, 6) is 3.50. The number of aryl methyl sites for hydroxylation is 5. The highest BCUT2D eigenvalue weighted by Gasteiger charge is 2.36. The molecule has 6 fully saturated rings. The number of hydrogen-bond acceptors (Lipinski definition) is 15. The monoisotopic (exact) mass is 2060 g/mol. The maximum Gasteiger partial charge on any atom is 0.255 e. The minimum Gasteiger partial charge on any atom is -0.341 e. The molecule has 0 bridgehead atoms. The van der Waals surface area contributed by atoms with E-state index in [9.17, 15) is 47.9 Å². The Morgan fingerprint density at radius 3 is 0.939 bits per heavy atom. The van der Waals surface area contributed by atoms with E-state index in [2.05, 4.69) is 86.0 Å². The second kappa shape index (κ2) is 50.3. The zero-order chi connectivity index (χ0) is 105. The third-order valence-corrected chi connectivity index (χ3v) is 33.3. The number of hydrogen-bond donors (Lipinski definition) is 0. The van der Waals surface area contributed by atoms with Crippen LogP contribution in [0, 0.1) is 35.5 Å². The molecule has 5 aliphatic heterocycles. The van der Waals surface area contributed by atoms with Crippen molar-refractivity contribution in [3.63, 3.8) is 0 Å². The number of rotatable bonds is 25. The van der Waals surface area contributed by atoms with E-state index in [1.54, 1.807) is 70.8 Å². The molecule has 784 valence electrons. The van der Waals surface area contributed by atoms with Gasteiger partial charge in [-0.15, -0.1) is 0 Å². The van der Waals surface area contributed by atoms with Crippen molar-refractivity contribution in [3.8, 4) is 0 Å². The molecule has 20 rings (SSSR count). The van der Waals surface area contributed by atoms with E-state index in [1.165, 1.54) is 98.7 Å². The third kappa shape index (κ3) is 26.8. The first-order valence-corrected chi connectivity index (χ1v) is 54.5. The number of halogens is 3. The summed E-state index contributed by atoms with van der Waals surface area (Å²) in [5, 5.41) is 2.37. The lowest BCUT2D eigenvalue weighted by molar-refractivity contribution is 0.0716. The molecule has 1 atom stereocenters. The second-order valence-corrected chi connectivity index (χ2v) is 44.5. The van der Waals surface area contributed by atoms with Crippen LogP contribution in [0.25, 0.3) is 30.4 Å². The fourth-order valence-corrected chi connectivity index (χ4v) is 24.2. The van der Waals surface area contributed by atoms with Gasteiger partial charge in [-0.3, -0.25) is 67.5 Å². The maximum atomic E-state index is 13.2. The lowest BCUT2D eigenvalue weighted by Gasteiger charge is -2.37. The molecule has 5 amide bonds. The number of carbonyl (C=O) groups excluding carboxylic acids is 5. The molecule has 1 saturated carbocycles. The number of pyridine rings is 5. The number of allylic oxidation sites excluding steroid dienone is 5. The van der Waals surface area contributed by atoms with Crippen molar-refractivity contribution in [1.82, 2.24) is 71.8 Å². The van der Waals surface area contributed by atoms with Gasteiger partial charge in [-0.1, -0.05) is 181 Å². The fourth-order valence-electron chi connectivity index (χ4n) is 23.7. The molecule has 0 spiro atoms. The number of amides is 5. The van der Waals surface area contributed by atoms with Crippen LogP contribution in [0.5, 0.6) is 0 Å². The van der Waals surface area contributed by atoms with Gasteiger partial charge in [0.25, 0.3) is 57.3 Å². The zero-order valence-electron chi connectivity index (χ0n) is 88.3. The van der Waals surface area contributed by atoms with Gasteiger partial charge < -0.3 is 52.2 Å². The molecule has 148 heavy (non-hydrogen) atoms. The minimum atomic E-state index is -0.0138. The molecule has 28 heteroatoms. The van der Waals surface area contributed by atoms with E-state index in [1.807, 2.05) is 169 Å². The van der Waals surface area contributed by atoms with Crippen LogP contribution in [0.4, 0.5) is 0 Å². The average Bonchev–Trinajstić information content (AvgIpc) is 1.64. The maximum absolute atomic E-state index is 13.2. The molecule has 25 nitrogen and oxygen atoms in total. The summed E-state index contributed by atoms with van der Waals surface area (Å²) in [6.07, 6.45) is 47.5. The summed E-state index contributed by atoms with van der Waals surface area (Å²) in [7, 11) is 18.0. The Morgan fingerprint density at radius 1 is 0.318 bits per heavy atom. The Labute approximate surface area is 887 Å². The van der Waals surface area contributed by atoms with E-state index in [4.69, 9.17) is 34.8 Å². The number of fused-ring (bicyclic) bond motifs is 5. The Hall–Kier alpha value is -11.7. The van der Waals surface area contributed by atoms with Crippen LogP contribution in [0.3, 0.4) is 0 Å². The highest BCUT2D eigenvalue weighted by atomic mass is 35.5. The van der Waals surface area contributed by atoms with Gasteiger partial charge in [0.1, 0.15) is 0 Å². The van der Waals surface area contributed by atoms with Crippen molar-refractivity contribution in [1.29, 1.82) is 0 Å². The Kier molecular flexibility index (Phi) is 37.1. The number of likely N-dealkylation sites (tertiary alicyclic amines) is 5. The van der Waals surface area contributed by atoms with E-state index in [0.29, 0.717) is 95.6 Å². The van der Waals surface area contributed by atoms with Crippen LogP contribution in [0.1, 0.15) is 233 Å². The van der Waals surface area contributed by atoms with E-state index < -0.39 is 0 Å². The molecule has 10 heterocycles. The Balaban J connectivity index is 0.000000132. The first-order chi connectivity index (χ1) is 71.3. The van der Waals surface area contributed by atoms with E-state index in [-0.39, 0.29) is 57.3 Å². The van der Waals surface area contributed by atoms with Crippen molar-refractivity contribution < 1.29 is 24.0 Å². The highest BCUT2D eigenvalue weighted by molar-refractivity contribution is 6.31. The summed E-state index contributed by atoms with van der Waals surface area (Å²) >= 11 is 18.4. The van der Waals surface area contributed by atoms with Crippen molar-refractivity contribution in [2.75, 3.05) is 140 Å². The van der Waals surface area contributed by atoms with Crippen molar-refractivity contribution in [2.45, 2.75) is 155 Å². The van der Waals surface area contributed by atoms with Gasteiger partial charge in [0.05, 0.1) is 27.8 Å². The molecule has 0 radical (unpaired) electrons. The quantitative estimate of drug-likeness (QED) is 0.0518. The van der Waals surface area contributed by atoms with Crippen LogP contribution in [-0.2, 0) is 87.0 Å². The molecule has 6 aliphatic carbocycles. The van der Waals surface area contributed by atoms with Crippen LogP contribution in [-0.4, -0.2) is 241 Å². The molecule has 5 aromatic heterocycles. The van der Waals surface area contributed by atoms with Gasteiger partial charge in [-0.25, -0.2) is 0 Å². The molecular weight excluding hydrogens is 1920 g/mol. The van der Waals surface area contributed by atoms with Crippen molar-refractivity contribution in [3.05, 3.63) is 337 Å². The number of benzene rings is 4.